The van der Waals surface area contributed by atoms with Gasteiger partial charge in [0.15, 0.2) is 0 Å². The third-order valence-electron chi connectivity index (χ3n) is 3.46. The number of carbonyl (C=O) groups is 1. The Balaban J connectivity index is 1.96. The molecule has 1 amide bonds. The maximum absolute atomic E-state index is 12.2. The molecule has 1 fully saturated rings. The van der Waals surface area contributed by atoms with E-state index >= 15 is 0 Å². The molecule has 2 N–H and O–H groups in total. The Labute approximate surface area is 125 Å². The molecule has 0 spiro atoms. The number of rotatable bonds is 3. The number of primary amides is 1. The molecule has 110 valence electrons. The molecule has 0 aliphatic carbocycles. The van der Waals surface area contributed by atoms with Crippen molar-refractivity contribution in [1.29, 1.82) is 0 Å². The van der Waals surface area contributed by atoms with E-state index in [4.69, 9.17) is 10.5 Å². The van der Waals surface area contributed by atoms with E-state index in [1.54, 1.807) is 6.20 Å². The van der Waals surface area contributed by atoms with Gasteiger partial charge < -0.3 is 10.5 Å². The standard InChI is InChI=1S/C14H15N3O3S/c15-13(19)11-8-21-14-10(12(11)18)5-9(6-16-14)7-17-1-3-20-4-2-17/h5-6,8H,1-4,7H2,(H2,15,19). The second-order valence-corrected chi connectivity index (χ2v) is 5.79. The zero-order valence-electron chi connectivity index (χ0n) is 11.4. The summed E-state index contributed by atoms with van der Waals surface area (Å²) in [4.78, 5) is 30.7. The van der Waals surface area contributed by atoms with Crippen molar-refractivity contribution in [2.24, 2.45) is 5.73 Å². The number of nitrogens with zero attached hydrogens (tertiary/aromatic N) is 2. The summed E-state index contributed by atoms with van der Waals surface area (Å²) in [6.45, 7) is 3.90. The van der Waals surface area contributed by atoms with Crippen molar-refractivity contribution in [3.05, 3.63) is 39.0 Å². The topological polar surface area (TPSA) is 85.5 Å². The number of morpholine rings is 1. The molecule has 1 aliphatic rings. The van der Waals surface area contributed by atoms with E-state index in [-0.39, 0.29) is 11.0 Å². The summed E-state index contributed by atoms with van der Waals surface area (Å²) in [5.41, 5.74) is 5.86. The zero-order chi connectivity index (χ0) is 14.8. The summed E-state index contributed by atoms with van der Waals surface area (Å²) in [5.74, 6) is -0.697. The number of nitrogens with two attached hydrogens (primary N) is 1. The predicted octanol–water partition coefficient (Wildman–Crippen LogP) is 0.588. The first-order chi connectivity index (χ1) is 10.1. The van der Waals surface area contributed by atoms with Crippen molar-refractivity contribution in [2.75, 3.05) is 26.3 Å². The molecule has 1 saturated heterocycles. The van der Waals surface area contributed by atoms with Crippen LogP contribution in [0.2, 0.25) is 0 Å². The SMILES string of the molecule is NC(=O)c1csc2ncc(CN3CCOCC3)cc2c1=O. The van der Waals surface area contributed by atoms with Gasteiger partial charge in [-0.05, 0) is 11.6 Å². The maximum atomic E-state index is 12.2. The lowest BCUT2D eigenvalue weighted by Crippen LogP contribution is -2.35. The minimum atomic E-state index is -0.697. The fourth-order valence-electron chi connectivity index (χ4n) is 2.34. The normalized spacial score (nSPS) is 16.2. The highest BCUT2D eigenvalue weighted by molar-refractivity contribution is 7.16. The summed E-state index contributed by atoms with van der Waals surface area (Å²) in [5, 5.41) is 1.93. The first kappa shape index (κ1) is 14.1. The number of hydrogen-bond acceptors (Lipinski definition) is 6. The van der Waals surface area contributed by atoms with Gasteiger partial charge in [-0.1, -0.05) is 0 Å². The van der Waals surface area contributed by atoms with E-state index in [2.05, 4.69) is 9.88 Å². The number of pyridine rings is 1. The van der Waals surface area contributed by atoms with Crippen LogP contribution in [0.15, 0.2) is 22.4 Å². The van der Waals surface area contributed by atoms with Crippen LogP contribution in [0.3, 0.4) is 0 Å². The second-order valence-electron chi connectivity index (χ2n) is 4.93. The Morgan fingerprint density at radius 3 is 2.90 bits per heavy atom. The molecule has 3 heterocycles. The van der Waals surface area contributed by atoms with Gasteiger partial charge in [-0.15, -0.1) is 11.3 Å². The highest BCUT2D eigenvalue weighted by Crippen LogP contribution is 2.17. The number of ether oxygens (including phenoxy) is 1. The average Bonchev–Trinajstić information content (AvgIpc) is 2.49. The van der Waals surface area contributed by atoms with Crippen molar-refractivity contribution in [3.63, 3.8) is 0 Å². The summed E-state index contributed by atoms with van der Waals surface area (Å²) >= 11 is 1.26. The summed E-state index contributed by atoms with van der Waals surface area (Å²) in [6, 6.07) is 1.81. The Hall–Kier alpha value is -1.83. The lowest BCUT2D eigenvalue weighted by Gasteiger charge is -2.26. The van der Waals surface area contributed by atoms with Gasteiger partial charge in [-0.25, -0.2) is 4.98 Å². The van der Waals surface area contributed by atoms with Gasteiger partial charge in [0.05, 0.1) is 24.2 Å². The summed E-state index contributed by atoms with van der Waals surface area (Å²) < 4.78 is 5.31. The lowest BCUT2D eigenvalue weighted by molar-refractivity contribution is 0.0341. The Bertz CT molecular complexity index is 738. The molecule has 0 aromatic carbocycles. The highest BCUT2D eigenvalue weighted by Gasteiger charge is 2.14. The highest BCUT2D eigenvalue weighted by atomic mass is 32.1. The second kappa shape index (κ2) is 5.88. The van der Waals surface area contributed by atoms with E-state index in [0.29, 0.717) is 10.2 Å². The maximum Gasteiger partial charge on any atom is 0.253 e. The van der Waals surface area contributed by atoms with Crippen LogP contribution in [0.1, 0.15) is 15.9 Å². The van der Waals surface area contributed by atoms with Crippen LogP contribution < -0.4 is 11.2 Å². The van der Waals surface area contributed by atoms with Crippen LogP contribution in [-0.2, 0) is 11.3 Å². The van der Waals surface area contributed by atoms with E-state index in [1.807, 2.05) is 6.07 Å². The Morgan fingerprint density at radius 1 is 1.43 bits per heavy atom. The lowest BCUT2D eigenvalue weighted by atomic mass is 10.2. The van der Waals surface area contributed by atoms with Gasteiger partial charge >= 0.3 is 0 Å². The van der Waals surface area contributed by atoms with Gasteiger partial charge in [0.1, 0.15) is 4.83 Å². The molecule has 0 saturated carbocycles. The molecule has 0 atom stereocenters. The van der Waals surface area contributed by atoms with Crippen LogP contribution in [0, 0.1) is 0 Å². The van der Waals surface area contributed by atoms with Gasteiger partial charge in [-0.2, -0.15) is 0 Å². The number of hydrogen-bond donors (Lipinski definition) is 1. The fourth-order valence-corrected chi connectivity index (χ4v) is 3.18. The molecular weight excluding hydrogens is 290 g/mol. The Morgan fingerprint density at radius 2 is 2.19 bits per heavy atom. The van der Waals surface area contributed by atoms with Crippen molar-refractivity contribution in [3.8, 4) is 0 Å². The fraction of sp³-hybridized carbons (Fsp3) is 0.357. The summed E-state index contributed by atoms with van der Waals surface area (Å²) in [6.07, 6.45) is 1.78. The van der Waals surface area contributed by atoms with Crippen LogP contribution >= 0.6 is 11.3 Å². The molecule has 1 aliphatic heterocycles. The van der Waals surface area contributed by atoms with E-state index < -0.39 is 5.91 Å². The minimum absolute atomic E-state index is 0.0258. The molecule has 0 radical (unpaired) electrons. The van der Waals surface area contributed by atoms with E-state index in [9.17, 15) is 9.59 Å². The molecular formula is C14H15N3O3S. The Kier molecular flexibility index (Phi) is 3.96. The number of amides is 1. The zero-order valence-corrected chi connectivity index (χ0v) is 12.2. The minimum Gasteiger partial charge on any atom is -0.379 e. The van der Waals surface area contributed by atoms with Crippen molar-refractivity contribution < 1.29 is 9.53 Å². The molecule has 3 rings (SSSR count). The van der Waals surface area contributed by atoms with Crippen LogP contribution in [0.25, 0.3) is 10.2 Å². The third kappa shape index (κ3) is 2.94. The van der Waals surface area contributed by atoms with E-state index in [0.717, 1.165) is 38.4 Å². The van der Waals surface area contributed by atoms with Crippen molar-refractivity contribution >= 4 is 27.5 Å². The number of fused-ring (bicyclic) bond motifs is 1. The van der Waals surface area contributed by atoms with Crippen LogP contribution in [0.4, 0.5) is 0 Å². The number of aromatic nitrogens is 1. The quantitative estimate of drug-likeness (QED) is 0.897. The largest absolute Gasteiger partial charge is 0.379 e. The monoisotopic (exact) mass is 305 g/mol. The first-order valence-electron chi connectivity index (χ1n) is 6.65. The first-order valence-corrected chi connectivity index (χ1v) is 7.53. The molecule has 2 aromatic heterocycles. The third-order valence-corrected chi connectivity index (χ3v) is 4.36. The van der Waals surface area contributed by atoms with Gasteiger partial charge in [0, 0.05) is 31.2 Å². The van der Waals surface area contributed by atoms with E-state index in [1.165, 1.54) is 16.7 Å². The molecule has 7 heteroatoms. The molecule has 2 aromatic rings. The molecule has 0 bridgehead atoms. The summed E-state index contributed by atoms with van der Waals surface area (Å²) in [7, 11) is 0. The van der Waals surface area contributed by atoms with Gasteiger partial charge in [0.25, 0.3) is 5.91 Å². The van der Waals surface area contributed by atoms with Gasteiger partial charge in [0.2, 0.25) is 5.43 Å². The van der Waals surface area contributed by atoms with Crippen LogP contribution in [-0.4, -0.2) is 42.1 Å². The van der Waals surface area contributed by atoms with Crippen molar-refractivity contribution in [1.82, 2.24) is 9.88 Å². The number of carbonyl (C=O) groups excluding carboxylic acids is 1. The van der Waals surface area contributed by atoms with Crippen molar-refractivity contribution in [2.45, 2.75) is 6.54 Å². The van der Waals surface area contributed by atoms with Gasteiger partial charge in [-0.3, -0.25) is 14.5 Å². The molecule has 21 heavy (non-hydrogen) atoms. The molecule has 6 nitrogen and oxygen atoms in total. The predicted molar refractivity (Wildman–Crippen MR) is 80.5 cm³/mol. The van der Waals surface area contributed by atoms with Crippen LogP contribution in [0.5, 0.6) is 0 Å². The smallest absolute Gasteiger partial charge is 0.253 e. The molecule has 0 unspecified atom stereocenters. The average molecular weight is 305 g/mol.